The molecule has 0 bridgehead atoms. The first-order chi connectivity index (χ1) is 16.9. The number of carboxylic acids is 1. The predicted octanol–water partition coefficient (Wildman–Crippen LogP) is 2.54. The molecule has 0 fully saturated rings. The van der Waals surface area contributed by atoms with Crippen LogP contribution < -0.4 is 21.1 Å². The number of aliphatic carboxylic acids is 1. The summed E-state index contributed by atoms with van der Waals surface area (Å²) >= 11 is 0. The predicted molar refractivity (Wildman–Crippen MR) is 132 cm³/mol. The first-order valence-corrected chi connectivity index (χ1v) is 11.5. The van der Waals surface area contributed by atoms with Crippen LogP contribution in [0.25, 0.3) is 0 Å². The fourth-order valence-electron chi connectivity index (χ4n) is 3.22. The van der Waals surface area contributed by atoms with Gasteiger partial charge in [0.1, 0.15) is 30.0 Å². The van der Waals surface area contributed by atoms with Gasteiger partial charge in [-0.15, -0.1) is 0 Å². The Hall–Kier alpha value is -4.08. The summed E-state index contributed by atoms with van der Waals surface area (Å²) in [6.45, 7) is 5.76. The lowest BCUT2D eigenvalue weighted by Gasteiger charge is -2.22. The number of carboxylic acid groups (broad SMARTS) is 1. The van der Waals surface area contributed by atoms with Crippen LogP contribution in [0.2, 0.25) is 0 Å². The Labute approximate surface area is 210 Å². The molecule has 0 saturated heterocycles. The fraction of sp³-hybridized carbons (Fsp3) is 0.385. The molecule has 0 unspecified atom stereocenters. The quantitative estimate of drug-likeness (QED) is 0.349. The van der Waals surface area contributed by atoms with Crippen LogP contribution in [0.3, 0.4) is 0 Å². The second-order valence-electron chi connectivity index (χ2n) is 9.23. The number of alkyl carbamates (subject to hydrolysis) is 1. The van der Waals surface area contributed by atoms with Crippen molar-refractivity contribution >= 4 is 23.9 Å². The molecular formula is C26H33N3O7. The number of carbonyl (C=O) groups is 4. The maximum absolute atomic E-state index is 13.0. The summed E-state index contributed by atoms with van der Waals surface area (Å²) in [5, 5.41) is 14.3. The number of carbonyl (C=O) groups excluding carboxylic acids is 3. The van der Waals surface area contributed by atoms with Crippen molar-refractivity contribution in [1.82, 2.24) is 10.6 Å². The van der Waals surface area contributed by atoms with E-state index in [-0.39, 0.29) is 31.5 Å². The van der Waals surface area contributed by atoms with E-state index in [2.05, 4.69) is 10.6 Å². The van der Waals surface area contributed by atoms with Crippen LogP contribution in [-0.4, -0.2) is 46.7 Å². The number of nitrogens with two attached hydrogens (primary N) is 1. The first kappa shape index (κ1) is 28.2. The lowest BCUT2D eigenvalue weighted by molar-refractivity contribution is -0.142. The number of rotatable bonds is 12. The molecule has 0 saturated carbocycles. The summed E-state index contributed by atoms with van der Waals surface area (Å²) in [7, 11) is 0. The molecule has 0 aliphatic heterocycles. The van der Waals surface area contributed by atoms with Gasteiger partial charge in [0.05, 0.1) is 0 Å². The van der Waals surface area contributed by atoms with E-state index in [0.717, 1.165) is 5.56 Å². The van der Waals surface area contributed by atoms with E-state index in [4.69, 9.17) is 15.2 Å². The Kier molecular flexibility index (Phi) is 10.3. The van der Waals surface area contributed by atoms with Gasteiger partial charge in [-0.1, -0.05) is 42.5 Å². The maximum atomic E-state index is 13.0. The molecule has 2 atom stereocenters. The van der Waals surface area contributed by atoms with Crippen LogP contribution in [0.1, 0.15) is 44.7 Å². The summed E-state index contributed by atoms with van der Waals surface area (Å²) < 4.78 is 11.0. The Bertz CT molecular complexity index is 1030. The zero-order valence-electron chi connectivity index (χ0n) is 20.7. The van der Waals surface area contributed by atoms with Gasteiger partial charge in [-0.3, -0.25) is 9.59 Å². The van der Waals surface area contributed by atoms with Gasteiger partial charge in [0.2, 0.25) is 11.8 Å². The topological polar surface area (TPSA) is 157 Å². The zero-order valence-corrected chi connectivity index (χ0v) is 20.7. The van der Waals surface area contributed by atoms with Crippen molar-refractivity contribution in [3.05, 3.63) is 65.7 Å². The Morgan fingerprint density at radius 2 is 1.56 bits per heavy atom. The molecule has 0 spiro atoms. The highest BCUT2D eigenvalue weighted by Gasteiger charge is 2.27. The van der Waals surface area contributed by atoms with Crippen molar-refractivity contribution in [2.75, 3.05) is 0 Å². The number of ether oxygens (including phenoxy) is 2. The van der Waals surface area contributed by atoms with E-state index in [9.17, 15) is 24.3 Å². The molecule has 0 aliphatic carbocycles. The van der Waals surface area contributed by atoms with Gasteiger partial charge in [0.25, 0.3) is 0 Å². The van der Waals surface area contributed by atoms with Crippen molar-refractivity contribution in [3.63, 3.8) is 0 Å². The normalized spacial score (nSPS) is 12.6. The summed E-state index contributed by atoms with van der Waals surface area (Å²) in [4.78, 5) is 48.1. The Morgan fingerprint density at radius 1 is 0.917 bits per heavy atom. The van der Waals surface area contributed by atoms with E-state index in [1.807, 2.05) is 26.8 Å². The number of benzene rings is 2. The minimum absolute atomic E-state index is 0.00376. The fourth-order valence-corrected chi connectivity index (χ4v) is 3.22. The molecule has 0 aromatic heterocycles. The summed E-state index contributed by atoms with van der Waals surface area (Å²) in [6.07, 6.45) is -1.18. The molecule has 0 heterocycles. The lowest BCUT2D eigenvalue weighted by atomic mass is 10.0. The molecule has 0 aliphatic rings. The number of hydrogen-bond donors (Lipinski definition) is 4. The monoisotopic (exact) mass is 499 g/mol. The summed E-state index contributed by atoms with van der Waals surface area (Å²) in [5.41, 5.74) is 6.18. The first-order valence-electron chi connectivity index (χ1n) is 11.5. The highest BCUT2D eigenvalue weighted by molar-refractivity contribution is 5.89. The summed E-state index contributed by atoms with van der Waals surface area (Å²) in [5.74, 6) is -2.11. The largest absolute Gasteiger partial charge is 0.488 e. The van der Waals surface area contributed by atoms with Gasteiger partial charge in [-0.25, -0.2) is 9.59 Å². The molecule has 2 aromatic carbocycles. The van der Waals surface area contributed by atoms with E-state index < -0.39 is 36.0 Å². The lowest BCUT2D eigenvalue weighted by Crippen LogP contribution is -2.52. The third-order valence-electron chi connectivity index (χ3n) is 4.90. The van der Waals surface area contributed by atoms with E-state index >= 15 is 0 Å². The van der Waals surface area contributed by atoms with E-state index in [0.29, 0.717) is 11.3 Å². The van der Waals surface area contributed by atoms with Crippen LogP contribution in [0.5, 0.6) is 5.75 Å². The Balaban J connectivity index is 2.13. The minimum atomic E-state index is -1.35. The third kappa shape index (κ3) is 10.5. The molecule has 2 aromatic rings. The number of nitrogens with one attached hydrogen (secondary N) is 2. The Morgan fingerprint density at radius 3 is 2.11 bits per heavy atom. The van der Waals surface area contributed by atoms with E-state index in [1.54, 1.807) is 48.5 Å². The van der Waals surface area contributed by atoms with Crippen LogP contribution in [-0.2, 0) is 32.1 Å². The van der Waals surface area contributed by atoms with Gasteiger partial charge in [-0.05, 0) is 50.5 Å². The SMILES string of the molecule is CC(C)(C)Oc1ccc(C[C@H](NC(=O)OCc2ccccc2)C(=O)N[C@@H](CCC(N)=O)C(=O)O)cc1. The maximum Gasteiger partial charge on any atom is 0.408 e. The van der Waals surface area contributed by atoms with Crippen molar-refractivity contribution in [3.8, 4) is 5.75 Å². The molecule has 2 rings (SSSR count). The van der Waals surface area contributed by atoms with Gasteiger partial charge < -0.3 is 30.9 Å². The standard InChI is InChI=1S/C26H33N3O7/c1-26(2,3)36-19-11-9-17(10-12-19)15-21(23(31)28-20(24(32)33)13-14-22(27)30)29-25(34)35-16-18-7-5-4-6-8-18/h4-12,20-21H,13-16H2,1-3H3,(H2,27,30)(H,28,31)(H,29,34)(H,32,33)/t20-,21-/m0/s1. The van der Waals surface area contributed by atoms with Crippen molar-refractivity contribution in [2.24, 2.45) is 5.73 Å². The van der Waals surface area contributed by atoms with Crippen LogP contribution >= 0.6 is 0 Å². The van der Waals surface area contributed by atoms with Gasteiger partial charge in [0, 0.05) is 12.8 Å². The molecule has 36 heavy (non-hydrogen) atoms. The zero-order chi connectivity index (χ0) is 26.7. The molecule has 10 heteroatoms. The number of amides is 3. The average molecular weight is 500 g/mol. The highest BCUT2D eigenvalue weighted by atomic mass is 16.5. The smallest absolute Gasteiger partial charge is 0.408 e. The number of primary amides is 1. The van der Waals surface area contributed by atoms with Crippen LogP contribution in [0, 0.1) is 0 Å². The molecule has 5 N–H and O–H groups in total. The molecule has 3 amide bonds. The molecule has 194 valence electrons. The molecular weight excluding hydrogens is 466 g/mol. The van der Waals surface area contributed by atoms with E-state index in [1.165, 1.54) is 0 Å². The third-order valence-corrected chi connectivity index (χ3v) is 4.90. The van der Waals surface area contributed by atoms with Crippen molar-refractivity contribution in [1.29, 1.82) is 0 Å². The van der Waals surface area contributed by atoms with Gasteiger partial charge in [0.15, 0.2) is 0 Å². The molecule has 0 radical (unpaired) electrons. The van der Waals surface area contributed by atoms with Crippen molar-refractivity contribution < 1.29 is 33.8 Å². The van der Waals surface area contributed by atoms with Crippen LogP contribution in [0.15, 0.2) is 54.6 Å². The highest BCUT2D eigenvalue weighted by Crippen LogP contribution is 2.19. The van der Waals surface area contributed by atoms with Crippen LogP contribution in [0.4, 0.5) is 4.79 Å². The second-order valence-corrected chi connectivity index (χ2v) is 9.23. The number of hydrogen-bond acceptors (Lipinski definition) is 6. The van der Waals surface area contributed by atoms with Gasteiger partial charge in [-0.2, -0.15) is 0 Å². The summed E-state index contributed by atoms with van der Waals surface area (Å²) in [6, 6.07) is 13.5. The average Bonchev–Trinajstić information content (AvgIpc) is 2.80. The minimum Gasteiger partial charge on any atom is -0.488 e. The second kappa shape index (κ2) is 13.1. The van der Waals surface area contributed by atoms with Crippen molar-refractivity contribution in [2.45, 2.75) is 64.3 Å². The molecule has 10 nitrogen and oxygen atoms in total. The van der Waals surface area contributed by atoms with Gasteiger partial charge >= 0.3 is 12.1 Å².